The predicted molar refractivity (Wildman–Crippen MR) is 113 cm³/mol. The van der Waals surface area contributed by atoms with E-state index in [2.05, 4.69) is 56.3 Å². The number of hydrogen-bond acceptors (Lipinski definition) is 4. The second kappa shape index (κ2) is 7.85. The summed E-state index contributed by atoms with van der Waals surface area (Å²) in [4.78, 5) is 9.49. The number of nitrogens with two attached hydrogens (primary N) is 1. The Balaban J connectivity index is 2.15. The van der Waals surface area contributed by atoms with Crippen LogP contribution in [0.3, 0.4) is 0 Å². The zero-order valence-corrected chi connectivity index (χ0v) is 17.2. The van der Waals surface area contributed by atoms with Crippen LogP contribution in [0.4, 0.5) is 5.82 Å². The van der Waals surface area contributed by atoms with E-state index in [1.54, 1.807) is 0 Å². The molecule has 3 rings (SSSR count). The Kier molecular flexibility index (Phi) is 5.70. The first kappa shape index (κ1) is 19.6. The lowest BCUT2D eigenvalue weighted by Gasteiger charge is -2.27. The molecule has 5 heteroatoms. The number of unbranched alkanes of at least 4 members (excludes halogenated alkanes) is 1. The molecule has 146 valence electrons. The second-order valence-electron chi connectivity index (χ2n) is 8.45. The smallest absolute Gasteiger partial charge is 0.152 e. The Morgan fingerprint density at radius 2 is 1.93 bits per heavy atom. The molecule has 1 aromatic carbocycles. The predicted octanol–water partition coefficient (Wildman–Crippen LogP) is 4.96. The number of rotatable bonds is 8. The van der Waals surface area contributed by atoms with E-state index in [9.17, 15) is 0 Å². The van der Waals surface area contributed by atoms with Gasteiger partial charge in [0.25, 0.3) is 0 Å². The first-order valence-corrected chi connectivity index (χ1v) is 9.97. The molecule has 2 N–H and O–H groups in total. The van der Waals surface area contributed by atoms with E-state index in [4.69, 9.17) is 15.5 Å². The average Bonchev–Trinajstić information content (AvgIpc) is 2.97. The van der Waals surface area contributed by atoms with Crippen molar-refractivity contribution < 1.29 is 4.74 Å². The highest BCUT2D eigenvalue weighted by molar-refractivity contribution is 6.06. The van der Waals surface area contributed by atoms with Gasteiger partial charge in [0.15, 0.2) is 5.82 Å². The number of nitrogen functional groups attached to an aromatic ring is 1. The van der Waals surface area contributed by atoms with Crippen LogP contribution in [0, 0.1) is 5.41 Å². The van der Waals surface area contributed by atoms with Crippen molar-refractivity contribution in [2.45, 2.75) is 66.5 Å². The molecule has 0 saturated heterocycles. The Bertz CT molecular complexity index is 927. The zero-order chi connectivity index (χ0) is 19.6. The number of aryl methyl sites for hydroxylation is 1. The minimum absolute atomic E-state index is 0.0159. The zero-order valence-electron chi connectivity index (χ0n) is 17.2. The number of pyridine rings is 1. The number of ether oxygens (including phenoxy) is 1. The summed E-state index contributed by atoms with van der Waals surface area (Å²) in [5.41, 5.74) is 9.10. The SMILES string of the molecule is CCCCc1nc2c(N)nc3ccccc3c2n1CC(C)(C)COC(C)C. The van der Waals surface area contributed by atoms with E-state index in [-0.39, 0.29) is 11.5 Å². The third-order valence-corrected chi connectivity index (χ3v) is 4.84. The van der Waals surface area contributed by atoms with E-state index < -0.39 is 0 Å². The van der Waals surface area contributed by atoms with Crippen molar-refractivity contribution >= 4 is 27.8 Å². The largest absolute Gasteiger partial charge is 0.382 e. The van der Waals surface area contributed by atoms with Crippen LogP contribution in [0.1, 0.15) is 53.3 Å². The Morgan fingerprint density at radius 1 is 1.19 bits per heavy atom. The van der Waals surface area contributed by atoms with E-state index in [0.717, 1.165) is 53.6 Å². The molecule has 0 saturated carbocycles. The molecule has 0 radical (unpaired) electrons. The summed E-state index contributed by atoms with van der Waals surface area (Å²) < 4.78 is 8.29. The van der Waals surface area contributed by atoms with Gasteiger partial charge in [-0.25, -0.2) is 9.97 Å². The molecule has 0 aliphatic rings. The maximum atomic E-state index is 6.28. The van der Waals surface area contributed by atoms with Gasteiger partial charge in [-0.15, -0.1) is 0 Å². The van der Waals surface area contributed by atoms with Gasteiger partial charge in [-0.1, -0.05) is 45.4 Å². The molecule has 0 atom stereocenters. The van der Waals surface area contributed by atoms with Crippen LogP contribution in [0.25, 0.3) is 21.9 Å². The summed E-state index contributed by atoms with van der Waals surface area (Å²) in [6.07, 6.45) is 3.42. The quantitative estimate of drug-likeness (QED) is 0.610. The number of aromatic nitrogens is 3. The van der Waals surface area contributed by atoms with Gasteiger partial charge in [0.2, 0.25) is 0 Å². The average molecular weight is 369 g/mol. The highest BCUT2D eigenvalue weighted by Crippen LogP contribution is 2.32. The second-order valence-corrected chi connectivity index (χ2v) is 8.45. The summed E-state index contributed by atoms with van der Waals surface area (Å²) in [6, 6.07) is 8.18. The highest BCUT2D eigenvalue weighted by Gasteiger charge is 2.25. The molecule has 27 heavy (non-hydrogen) atoms. The topological polar surface area (TPSA) is 66.0 Å². The van der Waals surface area contributed by atoms with Gasteiger partial charge in [-0.05, 0) is 26.3 Å². The Morgan fingerprint density at radius 3 is 2.63 bits per heavy atom. The minimum Gasteiger partial charge on any atom is -0.382 e. The van der Waals surface area contributed by atoms with Crippen molar-refractivity contribution in [2.24, 2.45) is 5.41 Å². The van der Waals surface area contributed by atoms with Crippen molar-refractivity contribution in [1.29, 1.82) is 0 Å². The molecule has 0 aliphatic heterocycles. The van der Waals surface area contributed by atoms with Crippen LogP contribution in [0.5, 0.6) is 0 Å². The maximum Gasteiger partial charge on any atom is 0.152 e. The number of anilines is 1. The third-order valence-electron chi connectivity index (χ3n) is 4.84. The summed E-state index contributed by atoms with van der Waals surface area (Å²) >= 11 is 0. The molecule has 2 aromatic heterocycles. The molecule has 0 amide bonds. The number of hydrogen-bond donors (Lipinski definition) is 1. The Hall–Kier alpha value is -2.14. The number of imidazole rings is 1. The lowest BCUT2D eigenvalue weighted by Crippen LogP contribution is -2.28. The molecule has 5 nitrogen and oxygen atoms in total. The molecule has 2 heterocycles. The molecular formula is C22H32N4O. The number of para-hydroxylation sites is 1. The molecule has 0 unspecified atom stereocenters. The van der Waals surface area contributed by atoms with Gasteiger partial charge >= 0.3 is 0 Å². The minimum atomic E-state index is -0.0159. The number of nitrogens with zero attached hydrogens (tertiary/aromatic N) is 3. The fourth-order valence-electron chi connectivity index (χ4n) is 3.47. The molecule has 0 fully saturated rings. The van der Waals surface area contributed by atoms with Crippen molar-refractivity contribution in [2.75, 3.05) is 12.3 Å². The van der Waals surface area contributed by atoms with E-state index >= 15 is 0 Å². The monoisotopic (exact) mass is 368 g/mol. The first-order chi connectivity index (χ1) is 12.8. The van der Waals surface area contributed by atoms with Gasteiger partial charge in [0.05, 0.1) is 23.7 Å². The van der Waals surface area contributed by atoms with Crippen LogP contribution in [-0.2, 0) is 17.7 Å². The van der Waals surface area contributed by atoms with Crippen molar-refractivity contribution in [1.82, 2.24) is 14.5 Å². The van der Waals surface area contributed by atoms with Gasteiger partial charge in [-0.2, -0.15) is 0 Å². The fourth-order valence-corrected chi connectivity index (χ4v) is 3.47. The summed E-state index contributed by atoms with van der Waals surface area (Å²) in [5, 5.41) is 1.11. The van der Waals surface area contributed by atoms with Gasteiger partial charge in [0.1, 0.15) is 11.3 Å². The lowest BCUT2D eigenvalue weighted by atomic mass is 9.94. The first-order valence-electron chi connectivity index (χ1n) is 9.97. The van der Waals surface area contributed by atoms with E-state index in [1.807, 2.05) is 12.1 Å². The normalized spacial score (nSPS) is 12.5. The molecular weight excluding hydrogens is 336 g/mol. The van der Waals surface area contributed by atoms with E-state index in [1.165, 1.54) is 0 Å². The number of benzene rings is 1. The maximum absolute atomic E-state index is 6.28. The lowest BCUT2D eigenvalue weighted by molar-refractivity contribution is 0.0149. The van der Waals surface area contributed by atoms with Crippen molar-refractivity contribution in [3.8, 4) is 0 Å². The summed E-state index contributed by atoms with van der Waals surface area (Å²) in [5.74, 6) is 1.60. The van der Waals surface area contributed by atoms with E-state index in [0.29, 0.717) is 12.4 Å². The molecule has 0 aliphatic carbocycles. The summed E-state index contributed by atoms with van der Waals surface area (Å²) in [7, 11) is 0. The molecule has 0 spiro atoms. The molecule has 3 aromatic rings. The number of fused-ring (bicyclic) bond motifs is 3. The van der Waals surface area contributed by atoms with Crippen LogP contribution in [0.15, 0.2) is 24.3 Å². The molecule has 0 bridgehead atoms. The van der Waals surface area contributed by atoms with Crippen LogP contribution in [-0.4, -0.2) is 27.2 Å². The third kappa shape index (κ3) is 4.24. The van der Waals surface area contributed by atoms with Crippen LogP contribution >= 0.6 is 0 Å². The van der Waals surface area contributed by atoms with Crippen LogP contribution < -0.4 is 5.73 Å². The van der Waals surface area contributed by atoms with Gasteiger partial charge in [0, 0.05) is 23.8 Å². The fraction of sp³-hybridized carbons (Fsp3) is 0.545. The summed E-state index contributed by atoms with van der Waals surface area (Å²) in [6.45, 7) is 12.4. The standard InChI is InChI=1S/C22H32N4O/c1-6-7-12-18-25-19-20(16-10-8-9-11-17(16)24-21(19)23)26(18)13-22(4,5)14-27-15(2)3/h8-11,15H,6-7,12-14H2,1-5H3,(H2,23,24). The Labute approximate surface area is 161 Å². The van der Waals surface area contributed by atoms with Gasteiger partial charge < -0.3 is 15.0 Å². The van der Waals surface area contributed by atoms with Gasteiger partial charge in [-0.3, -0.25) is 0 Å². The van der Waals surface area contributed by atoms with Crippen molar-refractivity contribution in [3.05, 3.63) is 30.1 Å². The van der Waals surface area contributed by atoms with Crippen molar-refractivity contribution in [3.63, 3.8) is 0 Å². The van der Waals surface area contributed by atoms with Crippen LogP contribution in [0.2, 0.25) is 0 Å². The highest BCUT2D eigenvalue weighted by atomic mass is 16.5.